The molecule has 0 aliphatic rings. The summed E-state index contributed by atoms with van der Waals surface area (Å²) in [5.41, 5.74) is 0.373. The van der Waals surface area contributed by atoms with Crippen LogP contribution < -0.4 is 5.32 Å². The van der Waals surface area contributed by atoms with Gasteiger partial charge in [-0.2, -0.15) is 5.26 Å². The van der Waals surface area contributed by atoms with Gasteiger partial charge in [0.15, 0.2) is 0 Å². The number of para-hydroxylation sites is 1. The number of carbonyl (C=O) groups excluding carboxylic acids is 1. The quantitative estimate of drug-likeness (QED) is 0.858. The van der Waals surface area contributed by atoms with Crippen LogP contribution in [0.5, 0.6) is 0 Å². The van der Waals surface area contributed by atoms with Crippen molar-refractivity contribution in [2.45, 2.75) is 20.8 Å². The van der Waals surface area contributed by atoms with Gasteiger partial charge in [0, 0.05) is 0 Å². The van der Waals surface area contributed by atoms with Crippen molar-refractivity contribution in [3.63, 3.8) is 0 Å². The van der Waals surface area contributed by atoms with Crippen molar-refractivity contribution in [1.82, 2.24) is 0 Å². The number of anilines is 1. The standard InChI is InChI=1S/C12H13ClN2O/c1-8-5-4-6-9(13)10(8)15-11(16)12(2,3)7-14/h4-6H,1-3H3,(H,15,16). The van der Waals surface area contributed by atoms with Crippen molar-refractivity contribution >= 4 is 23.2 Å². The van der Waals surface area contributed by atoms with Crippen molar-refractivity contribution in [3.8, 4) is 6.07 Å². The van der Waals surface area contributed by atoms with Crippen LogP contribution in [-0.2, 0) is 4.79 Å². The fourth-order valence-corrected chi connectivity index (χ4v) is 1.38. The van der Waals surface area contributed by atoms with Crippen LogP contribution in [0.2, 0.25) is 5.02 Å². The molecular formula is C12H13ClN2O. The van der Waals surface area contributed by atoms with E-state index in [4.69, 9.17) is 16.9 Å². The van der Waals surface area contributed by atoms with Gasteiger partial charge in [0.25, 0.3) is 0 Å². The molecule has 0 heterocycles. The number of rotatable bonds is 2. The van der Waals surface area contributed by atoms with Crippen molar-refractivity contribution < 1.29 is 4.79 Å². The predicted octanol–water partition coefficient (Wildman–Crippen LogP) is 3.14. The second-order valence-corrected chi connectivity index (χ2v) is 4.53. The second kappa shape index (κ2) is 4.54. The molecule has 0 fully saturated rings. The van der Waals surface area contributed by atoms with Crippen molar-refractivity contribution in [1.29, 1.82) is 5.26 Å². The molecule has 0 unspecified atom stereocenters. The summed E-state index contributed by atoms with van der Waals surface area (Å²) in [6, 6.07) is 7.30. The van der Waals surface area contributed by atoms with E-state index in [1.807, 2.05) is 25.1 Å². The lowest BCUT2D eigenvalue weighted by atomic mass is 9.94. The number of benzene rings is 1. The first-order chi connectivity index (χ1) is 7.38. The Morgan fingerprint density at radius 1 is 1.50 bits per heavy atom. The van der Waals surface area contributed by atoms with Crippen LogP contribution in [-0.4, -0.2) is 5.91 Å². The number of aryl methyl sites for hydroxylation is 1. The Bertz CT molecular complexity index is 440. The van der Waals surface area contributed by atoms with E-state index in [0.717, 1.165) is 5.56 Å². The highest BCUT2D eigenvalue weighted by Gasteiger charge is 2.27. The minimum absolute atomic E-state index is 0.355. The summed E-state index contributed by atoms with van der Waals surface area (Å²) >= 11 is 5.97. The summed E-state index contributed by atoms with van der Waals surface area (Å²) in [7, 11) is 0. The average Bonchev–Trinajstić information content (AvgIpc) is 2.23. The van der Waals surface area contributed by atoms with Crippen LogP contribution in [0, 0.1) is 23.7 Å². The molecule has 0 aromatic heterocycles. The van der Waals surface area contributed by atoms with Gasteiger partial charge in [-0.15, -0.1) is 0 Å². The lowest BCUT2D eigenvalue weighted by Crippen LogP contribution is -2.29. The van der Waals surface area contributed by atoms with E-state index in [1.54, 1.807) is 19.9 Å². The smallest absolute Gasteiger partial charge is 0.244 e. The molecule has 16 heavy (non-hydrogen) atoms. The minimum atomic E-state index is -1.06. The van der Waals surface area contributed by atoms with Gasteiger partial charge in [-0.1, -0.05) is 23.7 Å². The number of halogens is 1. The van der Waals surface area contributed by atoms with Gasteiger partial charge in [0.05, 0.1) is 16.8 Å². The molecule has 0 aliphatic carbocycles. The topological polar surface area (TPSA) is 52.9 Å². The van der Waals surface area contributed by atoms with Crippen molar-refractivity contribution in [2.75, 3.05) is 5.32 Å². The highest BCUT2D eigenvalue weighted by Crippen LogP contribution is 2.27. The van der Waals surface area contributed by atoms with Gasteiger partial charge < -0.3 is 5.32 Å². The normalized spacial score (nSPS) is 10.7. The van der Waals surface area contributed by atoms with E-state index < -0.39 is 5.41 Å². The zero-order valence-corrected chi connectivity index (χ0v) is 10.2. The summed E-state index contributed by atoms with van der Waals surface area (Å²) in [6.07, 6.45) is 0. The van der Waals surface area contributed by atoms with E-state index in [0.29, 0.717) is 10.7 Å². The molecule has 0 saturated heterocycles. The Kier molecular flexibility index (Phi) is 3.56. The van der Waals surface area contributed by atoms with Crippen LogP contribution in [0.25, 0.3) is 0 Å². The van der Waals surface area contributed by atoms with Crippen molar-refractivity contribution in [3.05, 3.63) is 28.8 Å². The summed E-state index contributed by atoms with van der Waals surface area (Å²) in [5, 5.41) is 12.0. The van der Waals surface area contributed by atoms with Crippen LogP contribution >= 0.6 is 11.6 Å². The van der Waals surface area contributed by atoms with Crippen LogP contribution in [0.4, 0.5) is 5.69 Å². The summed E-state index contributed by atoms with van der Waals surface area (Å²) in [6.45, 7) is 4.98. The number of hydrogen-bond donors (Lipinski definition) is 1. The number of amides is 1. The molecule has 84 valence electrons. The maximum atomic E-state index is 11.8. The van der Waals surface area contributed by atoms with Gasteiger partial charge in [-0.25, -0.2) is 0 Å². The summed E-state index contributed by atoms with van der Waals surface area (Å²) < 4.78 is 0. The molecule has 0 spiro atoms. The van der Waals surface area contributed by atoms with E-state index in [9.17, 15) is 4.79 Å². The first kappa shape index (κ1) is 12.5. The molecule has 0 radical (unpaired) electrons. The zero-order chi connectivity index (χ0) is 12.3. The van der Waals surface area contributed by atoms with E-state index in [-0.39, 0.29) is 5.91 Å². The third kappa shape index (κ3) is 2.53. The average molecular weight is 237 g/mol. The van der Waals surface area contributed by atoms with Gasteiger partial charge >= 0.3 is 0 Å². The molecule has 1 aromatic rings. The highest BCUT2D eigenvalue weighted by molar-refractivity contribution is 6.34. The predicted molar refractivity (Wildman–Crippen MR) is 64.2 cm³/mol. The number of nitrogens with one attached hydrogen (secondary N) is 1. The molecule has 0 aliphatic heterocycles. The van der Waals surface area contributed by atoms with E-state index >= 15 is 0 Å². The third-order valence-electron chi connectivity index (χ3n) is 2.31. The fraction of sp³-hybridized carbons (Fsp3) is 0.333. The van der Waals surface area contributed by atoms with Crippen LogP contribution in [0.1, 0.15) is 19.4 Å². The Hall–Kier alpha value is -1.53. The lowest BCUT2D eigenvalue weighted by molar-refractivity contribution is -0.121. The van der Waals surface area contributed by atoms with Crippen LogP contribution in [0.15, 0.2) is 18.2 Å². The molecule has 1 aromatic carbocycles. The lowest BCUT2D eigenvalue weighted by Gasteiger charge is -2.17. The minimum Gasteiger partial charge on any atom is -0.323 e. The maximum absolute atomic E-state index is 11.8. The van der Waals surface area contributed by atoms with Gasteiger partial charge in [-0.3, -0.25) is 4.79 Å². The zero-order valence-electron chi connectivity index (χ0n) is 9.47. The van der Waals surface area contributed by atoms with Gasteiger partial charge in [0.1, 0.15) is 5.41 Å². The molecule has 0 atom stereocenters. The Labute approximate surface area is 100 Å². The summed E-state index contributed by atoms with van der Waals surface area (Å²) in [4.78, 5) is 11.8. The largest absolute Gasteiger partial charge is 0.323 e. The monoisotopic (exact) mass is 236 g/mol. The number of nitrogens with zero attached hydrogens (tertiary/aromatic N) is 1. The maximum Gasteiger partial charge on any atom is 0.244 e. The SMILES string of the molecule is Cc1cccc(Cl)c1NC(=O)C(C)(C)C#N. The highest BCUT2D eigenvalue weighted by atomic mass is 35.5. The van der Waals surface area contributed by atoms with Gasteiger partial charge in [0.2, 0.25) is 5.91 Å². The number of hydrogen-bond acceptors (Lipinski definition) is 2. The van der Waals surface area contributed by atoms with E-state index in [2.05, 4.69) is 5.32 Å². The molecule has 4 heteroatoms. The molecule has 1 rings (SSSR count). The Morgan fingerprint density at radius 2 is 2.12 bits per heavy atom. The molecular weight excluding hydrogens is 224 g/mol. The molecule has 3 nitrogen and oxygen atoms in total. The first-order valence-corrected chi connectivity index (χ1v) is 5.24. The van der Waals surface area contributed by atoms with Crippen molar-refractivity contribution in [2.24, 2.45) is 5.41 Å². The fourth-order valence-electron chi connectivity index (χ4n) is 1.11. The van der Waals surface area contributed by atoms with E-state index in [1.165, 1.54) is 0 Å². The molecule has 1 N–H and O–H groups in total. The van der Waals surface area contributed by atoms with Gasteiger partial charge in [-0.05, 0) is 32.4 Å². The summed E-state index contributed by atoms with van der Waals surface area (Å²) in [5.74, 6) is -0.355. The molecule has 0 bridgehead atoms. The second-order valence-electron chi connectivity index (χ2n) is 4.12. The first-order valence-electron chi connectivity index (χ1n) is 4.86. The Balaban J connectivity index is 2.99. The molecule has 0 saturated carbocycles. The number of carbonyl (C=O) groups is 1. The number of nitriles is 1. The Morgan fingerprint density at radius 3 is 2.62 bits per heavy atom. The third-order valence-corrected chi connectivity index (χ3v) is 2.62. The molecule has 1 amide bonds. The van der Waals surface area contributed by atoms with Crippen LogP contribution in [0.3, 0.4) is 0 Å².